The third kappa shape index (κ3) is 4.87. The fraction of sp³-hybridized carbons (Fsp3) is 0.250. The van der Waals surface area contributed by atoms with E-state index in [0.717, 1.165) is 16.0 Å². The van der Waals surface area contributed by atoms with Gasteiger partial charge in [0.1, 0.15) is 18.8 Å². The molecule has 0 atom stereocenters. The van der Waals surface area contributed by atoms with Crippen LogP contribution in [0.5, 0.6) is 0 Å². The predicted octanol–water partition coefficient (Wildman–Crippen LogP) is 2.58. The van der Waals surface area contributed by atoms with E-state index >= 15 is 0 Å². The summed E-state index contributed by atoms with van der Waals surface area (Å²) in [5, 5.41) is 11.5. The van der Waals surface area contributed by atoms with Crippen molar-refractivity contribution < 1.29 is 24.2 Å². The summed E-state index contributed by atoms with van der Waals surface area (Å²) in [6.07, 6.45) is 2.45. The highest BCUT2D eigenvalue weighted by molar-refractivity contribution is 5.93. The van der Waals surface area contributed by atoms with E-state index in [9.17, 15) is 14.4 Å². The van der Waals surface area contributed by atoms with E-state index in [1.165, 1.54) is 30.7 Å². The molecule has 2 amide bonds. The minimum absolute atomic E-state index is 0.00633. The number of carbonyl (C=O) groups excluding carboxylic acids is 2. The van der Waals surface area contributed by atoms with E-state index in [1.807, 2.05) is 24.3 Å². The fourth-order valence-electron chi connectivity index (χ4n) is 4.00. The molecule has 0 bridgehead atoms. The van der Waals surface area contributed by atoms with Crippen LogP contribution in [0.4, 0.5) is 4.79 Å². The lowest BCUT2D eigenvalue weighted by atomic mass is 9.98. The summed E-state index contributed by atoms with van der Waals surface area (Å²) in [4.78, 5) is 40.2. The Balaban J connectivity index is 1.27. The van der Waals surface area contributed by atoms with Gasteiger partial charge in [-0.2, -0.15) is 0 Å². The van der Waals surface area contributed by atoms with Crippen molar-refractivity contribution in [2.75, 3.05) is 26.7 Å². The number of rotatable bonds is 8. The number of aromatic nitrogens is 2. The first-order chi connectivity index (χ1) is 15.9. The molecule has 3 aromatic rings. The van der Waals surface area contributed by atoms with E-state index in [1.54, 1.807) is 4.57 Å². The van der Waals surface area contributed by atoms with Gasteiger partial charge in [-0.3, -0.25) is 9.59 Å². The molecular formula is C24H24N4O5. The number of carbonyl (C=O) groups is 3. The molecule has 2 N–H and O–H groups in total. The third-order valence-electron chi connectivity index (χ3n) is 5.55. The average molecular weight is 448 g/mol. The zero-order chi connectivity index (χ0) is 23.4. The van der Waals surface area contributed by atoms with Crippen molar-refractivity contribution in [3.8, 4) is 11.1 Å². The minimum Gasteiger partial charge on any atom is -0.480 e. The maximum absolute atomic E-state index is 12.2. The summed E-state index contributed by atoms with van der Waals surface area (Å²) in [7, 11) is 1.40. The van der Waals surface area contributed by atoms with Crippen molar-refractivity contribution in [2.24, 2.45) is 0 Å². The summed E-state index contributed by atoms with van der Waals surface area (Å²) < 4.78 is 7.14. The first kappa shape index (κ1) is 22.1. The first-order valence-electron chi connectivity index (χ1n) is 10.5. The topological polar surface area (TPSA) is 114 Å². The Labute approximate surface area is 190 Å². The molecule has 0 unspecified atom stereocenters. The van der Waals surface area contributed by atoms with Crippen LogP contribution in [0, 0.1) is 0 Å². The minimum atomic E-state index is -1.10. The van der Waals surface area contributed by atoms with Gasteiger partial charge in [0.2, 0.25) is 0 Å². The van der Waals surface area contributed by atoms with Crippen LogP contribution in [-0.2, 0) is 16.1 Å². The summed E-state index contributed by atoms with van der Waals surface area (Å²) in [6.45, 7) is 0.493. The van der Waals surface area contributed by atoms with E-state index in [0.29, 0.717) is 6.54 Å². The number of amides is 2. The van der Waals surface area contributed by atoms with Gasteiger partial charge in [0.25, 0.3) is 5.91 Å². The lowest BCUT2D eigenvalue weighted by Crippen LogP contribution is -2.32. The van der Waals surface area contributed by atoms with Gasteiger partial charge < -0.3 is 24.6 Å². The SMILES string of the molecule is CN(CC(=O)O)C(=O)c1cn(CCNC(=O)OCC2c3ccccc3-c3ccccc32)cn1. The molecule has 0 spiro atoms. The molecule has 1 aromatic heterocycles. The van der Waals surface area contributed by atoms with Crippen molar-refractivity contribution in [3.63, 3.8) is 0 Å². The number of hydrogen-bond donors (Lipinski definition) is 2. The van der Waals surface area contributed by atoms with Crippen LogP contribution in [-0.4, -0.2) is 64.3 Å². The molecule has 1 aliphatic rings. The Morgan fingerprint density at radius 3 is 2.36 bits per heavy atom. The lowest BCUT2D eigenvalue weighted by Gasteiger charge is -2.14. The van der Waals surface area contributed by atoms with Gasteiger partial charge in [-0.05, 0) is 22.3 Å². The van der Waals surface area contributed by atoms with E-state index in [-0.39, 0.29) is 24.8 Å². The first-order valence-corrected chi connectivity index (χ1v) is 10.5. The Morgan fingerprint density at radius 1 is 1.09 bits per heavy atom. The number of fused-ring (bicyclic) bond motifs is 3. The molecule has 9 heteroatoms. The maximum Gasteiger partial charge on any atom is 0.407 e. The Hall–Kier alpha value is -4.14. The molecular weight excluding hydrogens is 424 g/mol. The standard InChI is InChI=1S/C24H24N4O5/c1-27(13-22(29)30)23(31)21-12-28(15-26-21)11-10-25-24(32)33-14-20-18-8-4-2-6-16(18)17-7-3-5-9-19(17)20/h2-9,12,15,20H,10-11,13-14H2,1H3,(H,25,32)(H,29,30). The summed E-state index contributed by atoms with van der Waals surface area (Å²) in [5.74, 6) is -1.59. The molecule has 0 radical (unpaired) electrons. The zero-order valence-corrected chi connectivity index (χ0v) is 18.1. The van der Waals surface area contributed by atoms with Crippen molar-refractivity contribution in [1.82, 2.24) is 19.8 Å². The number of alkyl carbamates (subject to hydrolysis) is 1. The number of carboxylic acid groups (broad SMARTS) is 1. The highest BCUT2D eigenvalue weighted by Gasteiger charge is 2.29. The van der Waals surface area contributed by atoms with Gasteiger partial charge in [-0.15, -0.1) is 0 Å². The number of aliphatic carboxylic acids is 1. The number of nitrogens with one attached hydrogen (secondary N) is 1. The average Bonchev–Trinajstić information content (AvgIpc) is 3.40. The van der Waals surface area contributed by atoms with Gasteiger partial charge >= 0.3 is 12.1 Å². The predicted molar refractivity (Wildman–Crippen MR) is 120 cm³/mol. The van der Waals surface area contributed by atoms with E-state index in [2.05, 4.69) is 34.6 Å². The van der Waals surface area contributed by atoms with Gasteiger partial charge in [-0.25, -0.2) is 9.78 Å². The number of benzene rings is 2. The lowest BCUT2D eigenvalue weighted by molar-refractivity contribution is -0.137. The molecule has 1 heterocycles. The van der Waals surface area contributed by atoms with Crippen LogP contribution >= 0.6 is 0 Å². The van der Waals surface area contributed by atoms with Crippen molar-refractivity contribution in [3.05, 3.63) is 77.9 Å². The van der Waals surface area contributed by atoms with Crippen molar-refractivity contribution in [1.29, 1.82) is 0 Å². The van der Waals surface area contributed by atoms with E-state index < -0.39 is 24.5 Å². The van der Waals surface area contributed by atoms with Crippen LogP contribution in [0.25, 0.3) is 11.1 Å². The molecule has 2 aromatic carbocycles. The third-order valence-corrected chi connectivity index (χ3v) is 5.55. The summed E-state index contributed by atoms with van der Waals surface area (Å²) >= 11 is 0. The molecule has 0 aliphatic heterocycles. The molecule has 170 valence electrons. The number of hydrogen-bond acceptors (Lipinski definition) is 5. The second-order valence-electron chi connectivity index (χ2n) is 7.80. The summed E-state index contributed by atoms with van der Waals surface area (Å²) in [5.41, 5.74) is 4.77. The van der Waals surface area contributed by atoms with Gasteiger partial charge in [0.05, 0.1) is 6.33 Å². The molecule has 0 saturated carbocycles. The van der Waals surface area contributed by atoms with Gasteiger partial charge in [0.15, 0.2) is 0 Å². The second kappa shape index (κ2) is 9.56. The normalized spacial score (nSPS) is 12.0. The fourth-order valence-corrected chi connectivity index (χ4v) is 4.00. The molecule has 4 rings (SSSR count). The van der Waals surface area contributed by atoms with Crippen LogP contribution in [0.1, 0.15) is 27.5 Å². The summed E-state index contributed by atoms with van der Waals surface area (Å²) in [6, 6.07) is 16.3. The quantitative estimate of drug-likeness (QED) is 0.548. The van der Waals surface area contributed by atoms with Crippen LogP contribution < -0.4 is 5.32 Å². The van der Waals surface area contributed by atoms with Crippen LogP contribution in [0.15, 0.2) is 61.1 Å². The zero-order valence-electron chi connectivity index (χ0n) is 18.1. The maximum atomic E-state index is 12.2. The Morgan fingerprint density at radius 2 is 1.73 bits per heavy atom. The molecule has 33 heavy (non-hydrogen) atoms. The molecule has 1 aliphatic carbocycles. The van der Waals surface area contributed by atoms with Crippen molar-refractivity contribution in [2.45, 2.75) is 12.5 Å². The molecule has 0 saturated heterocycles. The van der Waals surface area contributed by atoms with E-state index in [4.69, 9.17) is 9.84 Å². The number of likely N-dealkylation sites (N-methyl/N-ethyl adjacent to an activating group) is 1. The number of imidazole rings is 1. The van der Waals surface area contributed by atoms with Crippen LogP contribution in [0.3, 0.4) is 0 Å². The smallest absolute Gasteiger partial charge is 0.407 e. The highest BCUT2D eigenvalue weighted by Crippen LogP contribution is 2.44. The Bertz CT molecular complexity index is 1140. The highest BCUT2D eigenvalue weighted by atomic mass is 16.5. The number of ether oxygens (including phenoxy) is 1. The van der Waals surface area contributed by atoms with Crippen LogP contribution in [0.2, 0.25) is 0 Å². The largest absolute Gasteiger partial charge is 0.480 e. The second-order valence-corrected chi connectivity index (χ2v) is 7.80. The monoisotopic (exact) mass is 448 g/mol. The number of nitrogens with zero attached hydrogens (tertiary/aromatic N) is 3. The van der Waals surface area contributed by atoms with Crippen molar-refractivity contribution >= 4 is 18.0 Å². The van der Waals surface area contributed by atoms with Gasteiger partial charge in [0, 0.05) is 32.3 Å². The molecule has 0 fully saturated rings. The number of carboxylic acids is 1. The molecule has 9 nitrogen and oxygen atoms in total. The van der Waals surface area contributed by atoms with Gasteiger partial charge in [-0.1, -0.05) is 48.5 Å². The Kier molecular flexibility index (Phi) is 6.39.